The second-order valence-corrected chi connectivity index (χ2v) is 7.04. The smallest absolute Gasteiger partial charge is 0.227 e. The van der Waals surface area contributed by atoms with Gasteiger partial charge in [-0.15, -0.1) is 0 Å². The summed E-state index contributed by atoms with van der Waals surface area (Å²) in [7, 11) is 1.82. The molecule has 0 aromatic rings. The van der Waals surface area contributed by atoms with Gasteiger partial charge in [0, 0.05) is 38.6 Å². The van der Waals surface area contributed by atoms with E-state index >= 15 is 0 Å². The van der Waals surface area contributed by atoms with Crippen LogP contribution in [0.2, 0.25) is 0 Å². The van der Waals surface area contributed by atoms with E-state index in [9.17, 15) is 9.59 Å². The predicted octanol–water partition coefficient (Wildman–Crippen LogP) is 1.86. The average Bonchev–Trinajstić information content (AvgIpc) is 2.85. The van der Waals surface area contributed by atoms with Crippen molar-refractivity contribution in [2.45, 2.75) is 65.5 Å². The Kier molecular flexibility index (Phi) is 7.33. The van der Waals surface area contributed by atoms with Crippen LogP contribution in [0.25, 0.3) is 0 Å². The lowest BCUT2D eigenvalue weighted by atomic mass is 10.0. The zero-order chi connectivity index (χ0) is 16.9. The molecule has 0 spiro atoms. The van der Waals surface area contributed by atoms with Crippen LogP contribution in [0, 0.1) is 11.8 Å². The van der Waals surface area contributed by atoms with Gasteiger partial charge >= 0.3 is 0 Å². The van der Waals surface area contributed by atoms with Gasteiger partial charge < -0.3 is 15.5 Å². The van der Waals surface area contributed by atoms with Crippen LogP contribution in [0.4, 0.5) is 0 Å². The first-order valence-corrected chi connectivity index (χ1v) is 8.57. The number of rotatable bonds is 8. The second-order valence-electron chi connectivity index (χ2n) is 7.04. The van der Waals surface area contributed by atoms with Crippen LogP contribution >= 0.6 is 0 Å². The summed E-state index contributed by atoms with van der Waals surface area (Å²) < 4.78 is 0. The molecular weight excluding hydrogens is 278 g/mol. The molecule has 0 saturated carbocycles. The zero-order valence-corrected chi connectivity index (χ0v) is 14.8. The third-order valence-corrected chi connectivity index (χ3v) is 4.78. The van der Waals surface area contributed by atoms with E-state index in [1.165, 1.54) is 0 Å². The molecule has 1 fully saturated rings. The third-order valence-electron chi connectivity index (χ3n) is 4.78. The molecule has 2 N–H and O–H groups in total. The SMILES string of the molecule is CCCC(C)N1CC(C(=O)N(C)CCC(N)C(C)C)CC1=O. The molecule has 1 saturated heterocycles. The van der Waals surface area contributed by atoms with E-state index in [4.69, 9.17) is 5.73 Å². The van der Waals surface area contributed by atoms with Crippen molar-refractivity contribution in [3.63, 3.8) is 0 Å². The first-order chi connectivity index (χ1) is 10.3. The minimum Gasteiger partial charge on any atom is -0.345 e. The zero-order valence-electron chi connectivity index (χ0n) is 14.8. The molecule has 1 heterocycles. The molecule has 0 radical (unpaired) electrons. The highest BCUT2D eigenvalue weighted by molar-refractivity contribution is 5.89. The van der Waals surface area contributed by atoms with Crippen molar-refractivity contribution in [1.82, 2.24) is 9.80 Å². The van der Waals surface area contributed by atoms with Gasteiger partial charge in [0.15, 0.2) is 0 Å². The van der Waals surface area contributed by atoms with Crippen LogP contribution in [-0.4, -0.2) is 53.8 Å². The van der Waals surface area contributed by atoms with E-state index in [1.807, 2.05) is 11.9 Å². The maximum Gasteiger partial charge on any atom is 0.227 e. The van der Waals surface area contributed by atoms with E-state index in [-0.39, 0.29) is 29.8 Å². The first-order valence-electron chi connectivity index (χ1n) is 8.57. The molecule has 1 rings (SSSR count). The largest absolute Gasteiger partial charge is 0.345 e. The molecule has 1 aliphatic heterocycles. The monoisotopic (exact) mass is 311 g/mol. The summed E-state index contributed by atoms with van der Waals surface area (Å²) in [5.74, 6) is 0.427. The summed E-state index contributed by atoms with van der Waals surface area (Å²) in [6, 6.07) is 0.344. The lowest BCUT2D eigenvalue weighted by Crippen LogP contribution is -2.39. The molecule has 0 aromatic heterocycles. The van der Waals surface area contributed by atoms with Gasteiger partial charge in [0.1, 0.15) is 0 Å². The van der Waals surface area contributed by atoms with Gasteiger partial charge in [0.25, 0.3) is 0 Å². The van der Waals surface area contributed by atoms with E-state index in [2.05, 4.69) is 27.7 Å². The van der Waals surface area contributed by atoms with Gasteiger partial charge in [0.2, 0.25) is 11.8 Å². The van der Waals surface area contributed by atoms with E-state index < -0.39 is 0 Å². The molecule has 0 aliphatic carbocycles. The summed E-state index contributed by atoms with van der Waals surface area (Å²) in [6.07, 6.45) is 3.20. The minimum absolute atomic E-state index is 0.0792. The molecule has 3 atom stereocenters. The summed E-state index contributed by atoms with van der Waals surface area (Å²) in [4.78, 5) is 28.2. The molecule has 1 aliphatic rings. The Morgan fingerprint density at radius 2 is 2.00 bits per heavy atom. The number of hydrogen-bond donors (Lipinski definition) is 1. The standard InChI is InChI=1S/C17H33N3O2/c1-6-7-13(4)20-11-14(10-16(20)21)17(22)19(5)9-8-15(18)12(2)3/h12-15H,6-11,18H2,1-5H3. The van der Waals surface area contributed by atoms with Crippen LogP contribution < -0.4 is 5.73 Å². The van der Waals surface area contributed by atoms with Crippen LogP contribution in [0.5, 0.6) is 0 Å². The highest BCUT2D eigenvalue weighted by atomic mass is 16.2. The number of nitrogens with two attached hydrogens (primary N) is 1. The third kappa shape index (κ3) is 4.97. The number of likely N-dealkylation sites (tertiary alicyclic amines) is 1. The maximum absolute atomic E-state index is 12.5. The van der Waals surface area contributed by atoms with Crippen molar-refractivity contribution >= 4 is 11.8 Å². The topological polar surface area (TPSA) is 66.6 Å². The average molecular weight is 311 g/mol. The first kappa shape index (κ1) is 18.9. The fourth-order valence-corrected chi connectivity index (χ4v) is 2.99. The molecule has 5 nitrogen and oxygen atoms in total. The fourth-order valence-electron chi connectivity index (χ4n) is 2.99. The number of hydrogen-bond acceptors (Lipinski definition) is 3. The van der Waals surface area contributed by atoms with Crippen LogP contribution in [0.3, 0.4) is 0 Å². The Hall–Kier alpha value is -1.10. The normalized spacial score (nSPS) is 21.3. The van der Waals surface area contributed by atoms with Crippen molar-refractivity contribution in [2.75, 3.05) is 20.1 Å². The summed E-state index contributed by atoms with van der Waals surface area (Å²) in [6.45, 7) is 9.60. The molecule has 22 heavy (non-hydrogen) atoms. The van der Waals surface area contributed by atoms with Crippen molar-refractivity contribution in [1.29, 1.82) is 0 Å². The lowest BCUT2D eigenvalue weighted by molar-refractivity contribution is -0.134. The van der Waals surface area contributed by atoms with Crippen molar-refractivity contribution in [3.8, 4) is 0 Å². The van der Waals surface area contributed by atoms with Gasteiger partial charge in [-0.05, 0) is 25.7 Å². The molecule has 3 unspecified atom stereocenters. The summed E-state index contributed by atoms with van der Waals surface area (Å²) in [5, 5.41) is 0. The molecule has 5 heteroatoms. The number of carbonyl (C=O) groups excluding carboxylic acids is 2. The van der Waals surface area contributed by atoms with Crippen LogP contribution in [0.1, 0.15) is 53.4 Å². The van der Waals surface area contributed by atoms with Crippen molar-refractivity contribution < 1.29 is 9.59 Å². The number of amides is 2. The molecule has 0 aromatic carbocycles. The fraction of sp³-hybridized carbons (Fsp3) is 0.882. The Labute approximate surface area is 135 Å². The van der Waals surface area contributed by atoms with Crippen molar-refractivity contribution in [2.24, 2.45) is 17.6 Å². The van der Waals surface area contributed by atoms with E-state index in [1.54, 1.807) is 4.90 Å². The Morgan fingerprint density at radius 3 is 2.55 bits per heavy atom. The summed E-state index contributed by atoms with van der Waals surface area (Å²) >= 11 is 0. The molecule has 0 bridgehead atoms. The van der Waals surface area contributed by atoms with Crippen LogP contribution in [-0.2, 0) is 9.59 Å². The number of carbonyl (C=O) groups is 2. The van der Waals surface area contributed by atoms with Gasteiger partial charge in [-0.2, -0.15) is 0 Å². The van der Waals surface area contributed by atoms with E-state index in [0.29, 0.717) is 25.4 Å². The highest BCUT2D eigenvalue weighted by Crippen LogP contribution is 2.23. The van der Waals surface area contributed by atoms with Gasteiger partial charge in [-0.25, -0.2) is 0 Å². The number of nitrogens with zero attached hydrogens (tertiary/aromatic N) is 2. The van der Waals surface area contributed by atoms with Crippen molar-refractivity contribution in [3.05, 3.63) is 0 Å². The van der Waals surface area contributed by atoms with Crippen LogP contribution in [0.15, 0.2) is 0 Å². The Bertz CT molecular complexity index is 384. The van der Waals surface area contributed by atoms with Gasteiger partial charge in [0.05, 0.1) is 5.92 Å². The summed E-state index contributed by atoms with van der Waals surface area (Å²) in [5.41, 5.74) is 6.04. The lowest BCUT2D eigenvalue weighted by Gasteiger charge is -2.26. The quantitative estimate of drug-likeness (QED) is 0.744. The molecule has 2 amide bonds. The Morgan fingerprint density at radius 1 is 1.36 bits per heavy atom. The Balaban J connectivity index is 2.51. The van der Waals surface area contributed by atoms with Gasteiger partial charge in [-0.3, -0.25) is 9.59 Å². The molecule has 128 valence electrons. The second kappa shape index (κ2) is 8.51. The minimum atomic E-state index is -0.188. The molecular formula is C17H33N3O2. The maximum atomic E-state index is 12.5. The predicted molar refractivity (Wildman–Crippen MR) is 89.3 cm³/mol. The van der Waals surface area contributed by atoms with E-state index in [0.717, 1.165) is 19.3 Å². The highest BCUT2D eigenvalue weighted by Gasteiger charge is 2.37. The van der Waals surface area contributed by atoms with Gasteiger partial charge in [-0.1, -0.05) is 27.2 Å².